The first-order valence-electron chi connectivity index (χ1n) is 14.3. The zero-order valence-corrected chi connectivity index (χ0v) is 21.7. The molecule has 0 N–H and O–H groups in total. The van der Waals surface area contributed by atoms with E-state index in [4.69, 9.17) is 0 Å². The van der Waals surface area contributed by atoms with Crippen molar-refractivity contribution in [1.82, 2.24) is 0 Å². The van der Waals surface area contributed by atoms with E-state index in [2.05, 4.69) is 62.4 Å². The number of rotatable bonds is 10. The van der Waals surface area contributed by atoms with Crippen molar-refractivity contribution in [3.05, 3.63) is 59.7 Å². The highest BCUT2D eigenvalue weighted by Crippen LogP contribution is 2.45. The maximum Gasteiger partial charge on any atom is 0.126 e. The molecule has 2 aromatic rings. The standard InChI is InChI=1S/C33H46O/c1-3-5-7-26-8-10-27(11-9-26)28-12-14-29(15-13-28)30-16-18-31(19-17-30)32-20-23-33(25-34,24-21-32)22-6-4-2/h12-19,25-27,32H,3-11,20-24H2,1-2H3. The summed E-state index contributed by atoms with van der Waals surface area (Å²) in [5.41, 5.74) is 5.60. The molecule has 0 amide bonds. The Morgan fingerprint density at radius 2 is 1.21 bits per heavy atom. The summed E-state index contributed by atoms with van der Waals surface area (Å²) in [4.78, 5) is 11.8. The van der Waals surface area contributed by atoms with Crippen molar-refractivity contribution in [2.75, 3.05) is 0 Å². The Bertz CT molecular complexity index is 862. The molecule has 0 aromatic heterocycles. The molecule has 0 radical (unpaired) electrons. The van der Waals surface area contributed by atoms with E-state index in [9.17, 15) is 4.79 Å². The maximum absolute atomic E-state index is 11.8. The average Bonchev–Trinajstić information content (AvgIpc) is 2.91. The van der Waals surface area contributed by atoms with Crippen LogP contribution >= 0.6 is 0 Å². The monoisotopic (exact) mass is 458 g/mol. The molecule has 2 fully saturated rings. The fourth-order valence-electron chi connectivity index (χ4n) is 6.65. The molecule has 2 aliphatic carbocycles. The van der Waals surface area contributed by atoms with Gasteiger partial charge >= 0.3 is 0 Å². The molecule has 184 valence electrons. The van der Waals surface area contributed by atoms with E-state index in [1.165, 1.54) is 80.8 Å². The molecule has 2 aliphatic rings. The Kier molecular flexibility index (Phi) is 9.04. The highest BCUT2D eigenvalue weighted by Gasteiger charge is 2.34. The summed E-state index contributed by atoms with van der Waals surface area (Å²) in [5.74, 6) is 2.35. The number of unbranched alkanes of at least 4 members (excludes halogenated alkanes) is 2. The van der Waals surface area contributed by atoms with Gasteiger partial charge in [0.25, 0.3) is 0 Å². The number of hydrogen-bond donors (Lipinski definition) is 0. The second-order valence-electron chi connectivity index (χ2n) is 11.5. The average molecular weight is 459 g/mol. The van der Waals surface area contributed by atoms with Crippen molar-refractivity contribution in [3.63, 3.8) is 0 Å². The number of hydrogen-bond acceptors (Lipinski definition) is 1. The molecule has 34 heavy (non-hydrogen) atoms. The molecule has 1 heteroatoms. The fraction of sp³-hybridized carbons (Fsp3) is 0.606. The van der Waals surface area contributed by atoms with Crippen LogP contribution in [0.3, 0.4) is 0 Å². The van der Waals surface area contributed by atoms with Crippen LogP contribution in [-0.4, -0.2) is 6.29 Å². The third-order valence-electron chi connectivity index (χ3n) is 9.17. The van der Waals surface area contributed by atoms with Crippen molar-refractivity contribution in [1.29, 1.82) is 0 Å². The fourth-order valence-corrected chi connectivity index (χ4v) is 6.65. The molecular formula is C33H46O. The van der Waals surface area contributed by atoms with Crippen molar-refractivity contribution < 1.29 is 4.79 Å². The molecule has 2 saturated carbocycles. The third kappa shape index (κ3) is 6.21. The Hall–Kier alpha value is -1.89. The van der Waals surface area contributed by atoms with E-state index in [0.29, 0.717) is 5.92 Å². The first-order valence-corrected chi connectivity index (χ1v) is 14.3. The van der Waals surface area contributed by atoms with Crippen molar-refractivity contribution in [2.24, 2.45) is 11.3 Å². The molecule has 1 nitrogen and oxygen atoms in total. The summed E-state index contributed by atoms with van der Waals surface area (Å²) < 4.78 is 0. The van der Waals surface area contributed by atoms with Crippen LogP contribution in [0.4, 0.5) is 0 Å². The van der Waals surface area contributed by atoms with Crippen LogP contribution in [0.15, 0.2) is 48.5 Å². The van der Waals surface area contributed by atoms with Crippen LogP contribution in [0.2, 0.25) is 0 Å². The maximum atomic E-state index is 11.8. The zero-order chi connectivity index (χ0) is 23.8. The number of aldehydes is 1. The Morgan fingerprint density at radius 3 is 1.68 bits per heavy atom. The normalized spacial score (nSPS) is 27.4. The van der Waals surface area contributed by atoms with Gasteiger partial charge in [0.1, 0.15) is 6.29 Å². The van der Waals surface area contributed by atoms with Gasteiger partial charge in [0.05, 0.1) is 0 Å². The van der Waals surface area contributed by atoms with Crippen LogP contribution in [0, 0.1) is 11.3 Å². The highest BCUT2D eigenvalue weighted by atomic mass is 16.1. The predicted octanol–water partition coefficient (Wildman–Crippen LogP) is 9.85. The molecule has 0 unspecified atom stereocenters. The van der Waals surface area contributed by atoms with E-state index >= 15 is 0 Å². The molecule has 0 aliphatic heterocycles. The van der Waals surface area contributed by atoms with Gasteiger partial charge in [-0.3, -0.25) is 0 Å². The first kappa shape index (κ1) is 25.2. The van der Waals surface area contributed by atoms with Crippen LogP contribution < -0.4 is 0 Å². The third-order valence-corrected chi connectivity index (χ3v) is 9.17. The summed E-state index contributed by atoms with van der Waals surface area (Å²) in [7, 11) is 0. The van der Waals surface area contributed by atoms with Crippen LogP contribution in [0.25, 0.3) is 11.1 Å². The Labute approximate surface area is 208 Å². The Morgan fingerprint density at radius 1 is 0.706 bits per heavy atom. The van der Waals surface area contributed by atoms with Gasteiger partial charge in [0.15, 0.2) is 0 Å². The van der Waals surface area contributed by atoms with E-state index < -0.39 is 0 Å². The lowest BCUT2D eigenvalue weighted by molar-refractivity contribution is -0.118. The van der Waals surface area contributed by atoms with E-state index in [1.807, 2.05) is 0 Å². The van der Waals surface area contributed by atoms with Crippen LogP contribution in [0.5, 0.6) is 0 Å². The van der Waals surface area contributed by atoms with Gasteiger partial charge in [-0.25, -0.2) is 0 Å². The molecule has 2 aromatic carbocycles. The molecule has 0 atom stereocenters. The van der Waals surface area contributed by atoms with Gasteiger partial charge in [-0.1, -0.05) is 94.5 Å². The van der Waals surface area contributed by atoms with E-state index in [-0.39, 0.29) is 5.41 Å². The molecule has 0 bridgehead atoms. The SMILES string of the molecule is CCCCC1CCC(c2ccc(-c3ccc(C4CCC(C=O)(CCCC)CC4)cc3)cc2)CC1. The summed E-state index contributed by atoms with van der Waals surface area (Å²) in [6.07, 6.45) is 18.9. The van der Waals surface area contributed by atoms with E-state index in [0.717, 1.165) is 43.9 Å². The topological polar surface area (TPSA) is 17.1 Å². The minimum absolute atomic E-state index is 0.0387. The van der Waals surface area contributed by atoms with E-state index in [1.54, 1.807) is 5.56 Å². The second-order valence-corrected chi connectivity index (χ2v) is 11.5. The second kappa shape index (κ2) is 12.2. The van der Waals surface area contributed by atoms with Gasteiger partial charge in [0, 0.05) is 5.41 Å². The smallest absolute Gasteiger partial charge is 0.126 e. The highest BCUT2D eigenvalue weighted by molar-refractivity contribution is 5.64. The van der Waals surface area contributed by atoms with Crippen molar-refractivity contribution in [3.8, 4) is 11.1 Å². The first-order chi connectivity index (χ1) is 16.7. The lowest BCUT2D eigenvalue weighted by Crippen LogP contribution is -2.28. The largest absolute Gasteiger partial charge is 0.303 e. The van der Waals surface area contributed by atoms with Gasteiger partial charge < -0.3 is 4.79 Å². The molecular weight excluding hydrogens is 412 g/mol. The van der Waals surface area contributed by atoms with Crippen LogP contribution in [-0.2, 0) is 4.79 Å². The molecule has 0 heterocycles. The van der Waals surface area contributed by atoms with Gasteiger partial charge in [-0.2, -0.15) is 0 Å². The molecule has 0 spiro atoms. The summed E-state index contributed by atoms with van der Waals surface area (Å²) >= 11 is 0. The zero-order valence-electron chi connectivity index (χ0n) is 21.7. The quantitative estimate of drug-likeness (QED) is 0.324. The summed E-state index contributed by atoms with van der Waals surface area (Å²) in [5, 5.41) is 0. The van der Waals surface area contributed by atoms with Gasteiger partial charge in [0.2, 0.25) is 0 Å². The number of carbonyl (C=O) groups is 1. The lowest BCUT2D eigenvalue weighted by atomic mass is 9.67. The Balaban J connectivity index is 1.32. The predicted molar refractivity (Wildman–Crippen MR) is 145 cm³/mol. The molecule has 0 saturated heterocycles. The minimum atomic E-state index is -0.0387. The summed E-state index contributed by atoms with van der Waals surface area (Å²) in [6.45, 7) is 4.53. The van der Waals surface area contributed by atoms with Crippen LogP contribution in [0.1, 0.15) is 127 Å². The van der Waals surface area contributed by atoms with Crippen molar-refractivity contribution >= 4 is 6.29 Å². The summed E-state index contributed by atoms with van der Waals surface area (Å²) in [6, 6.07) is 18.7. The lowest BCUT2D eigenvalue weighted by Gasteiger charge is -2.36. The molecule has 4 rings (SSSR count). The number of carbonyl (C=O) groups excluding carboxylic acids is 1. The van der Waals surface area contributed by atoms with Gasteiger partial charge in [-0.15, -0.1) is 0 Å². The number of benzene rings is 2. The van der Waals surface area contributed by atoms with Gasteiger partial charge in [-0.05, 0) is 97.8 Å². The van der Waals surface area contributed by atoms with Crippen molar-refractivity contribution in [2.45, 2.75) is 116 Å². The minimum Gasteiger partial charge on any atom is -0.303 e.